The van der Waals surface area contributed by atoms with Crippen LogP contribution in [-0.2, 0) is 17.7 Å². The molecular weight excluding hydrogens is 396 g/mol. The average Bonchev–Trinajstić information content (AvgIpc) is 3.09. The highest BCUT2D eigenvalue weighted by molar-refractivity contribution is 6.31. The summed E-state index contributed by atoms with van der Waals surface area (Å²) in [6.07, 6.45) is 0.380. The first-order chi connectivity index (χ1) is 14.5. The van der Waals surface area contributed by atoms with Gasteiger partial charge in [-0.05, 0) is 58.4 Å². The second-order valence-corrected chi connectivity index (χ2v) is 8.43. The van der Waals surface area contributed by atoms with Crippen molar-refractivity contribution in [3.05, 3.63) is 87.4 Å². The maximum atomic E-state index is 12.9. The summed E-state index contributed by atoms with van der Waals surface area (Å²) in [6, 6.07) is 18.5. The van der Waals surface area contributed by atoms with Gasteiger partial charge in [0.25, 0.3) is 0 Å². The number of nitrogen functional groups attached to an aromatic ring is 1. The highest BCUT2D eigenvalue weighted by Crippen LogP contribution is 2.44. The molecule has 5 rings (SSSR count). The van der Waals surface area contributed by atoms with Crippen LogP contribution < -0.4 is 5.73 Å². The summed E-state index contributed by atoms with van der Waals surface area (Å²) in [7, 11) is 0. The molecule has 1 amide bonds. The van der Waals surface area contributed by atoms with Crippen molar-refractivity contribution in [1.29, 1.82) is 0 Å². The molecule has 5 heteroatoms. The molecule has 4 nitrogen and oxygen atoms in total. The van der Waals surface area contributed by atoms with Crippen molar-refractivity contribution in [3.8, 4) is 11.1 Å². The molecule has 30 heavy (non-hydrogen) atoms. The molecule has 2 N–H and O–H groups in total. The summed E-state index contributed by atoms with van der Waals surface area (Å²) in [5.41, 5.74) is 14.8. The van der Waals surface area contributed by atoms with Crippen LogP contribution in [0.15, 0.2) is 54.6 Å². The Hall–Kier alpha value is -2.98. The van der Waals surface area contributed by atoms with Crippen molar-refractivity contribution in [2.45, 2.75) is 25.8 Å². The molecule has 0 aromatic heterocycles. The van der Waals surface area contributed by atoms with E-state index >= 15 is 0 Å². The van der Waals surface area contributed by atoms with E-state index in [1.165, 1.54) is 22.3 Å². The third-order valence-electron chi connectivity index (χ3n) is 6.32. The molecule has 0 radical (unpaired) electrons. The first-order valence-electron chi connectivity index (χ1n) is 10.2. The summed E-state index contributed by atoms with van der Waals surface area (Å²) < 4.78 is 5.80. The lowest BCUT2D eigenvalue weighted by molar-refractivity contribution is 0.0954. The molecule has 3 aromatic rings. The van der Waals surface area contributed by atoms with E-state index < -0.39 is 0 Å². The molecule has 1 heterocycles. The first-order valence-corrected chi connectivity index (χ1v) is 10.6. The SMILES string of the molecule is Cc1cc(Cl)c2c(c1N)CCN(C(=O)OCC1c3ccccc3-c3ccccc31)C2. The molecule has 0 bridgehead atoms. The highest BCUT2D eigenvalue weighted by atomic mass is 35.5. The molecule has 1 aliphatic heterocycles. The number of amides is 1. The van der Waals surface area contributed by atoms with Gasteiger partial charge in [-0.25, -0.2) is 4.79 Å². The van der Waals surface area contributed by atoms with E-state index in [1.54, 1.807) is 4.90 Å². The third kappa shape index (κ3) is 3.03. The normalized spacial score (nSPS) is 14.8. The zero-order chi connectivity index (χ0) is 20.8. The largest absolute Gasteiger partial charge is 0.448 e. The van der Waals surface area contributed by atoms with E-state index in [0.29, 0.717) is 31.1 Å². The van der Waals surface area contributed by atoms with Crippen molar-refractivity contribution < 1.29 is 9.53 Å². The Morgan fingerprint density at radius 2 is 1.73 bits per heavy atom. The maximum Gasteiger partial charge on any atom is 0.410 e. The van der Waals surface area contributed by atoms with Gasteiger partial charge in [0, 0.05) is 23.2 Å². The molecule has 0 fully saturated rings. The number of carbonyl (C=O) groups is 1. The third-order valence-corrected chi connectivity index (χ3v) is 6.66. The van der Waals surface area contributed by atoms with E-state index in [0.717, 1.165) is 22.4 Å². The van der Waals surface area contributed by atoms with Gasteiger partial charge in [0.1, 0.15) is 6.61 Å². The fraction of sp³-hybridized carbons (Fsp3) is 0.240. The smallest absolute Gasteiger partial charge is 0.410 e. The number of nitrogens with zero attached hydrogens (tertiary/aromatic N) is 1. The summed E-state index contributed by atoms with van der Waals surface area (Å²) in [5.74, 6) is 0.0558. The van der Waals surface area contributed by atoms with Crippen LogP contribution in [0.3, 0.4) is 0 Å². The minimum absolute atomic E-state index is 0.0558. The lowest BCUT2D eigenvalue weighted by Crippen LogP contribution is -2.37. The predicted molar refractivity (Wildman–Crippen MR) is 120 cm³/mol. The van der Waals surface area contributed by atoms with Crippen molar-refractivity contribution in [3.63, 3.8) is 0 Å². The van der Waals surface area contributed by atoms with Gasteiger partial charge < -0.3 is 15.4 Å². The number of aryl methyl sites for hydroxylation is 1. The van der Waals surface area contributed by atoms with Crippen LogP contribution in [0.4, 0.5) is 10.5 Å². The van der Waals surface area contributed by atoms with Crippen molar-refractivity contribution in [2.24, 2.45) is 0 Å². The number of anilines is 1. The number of nitrogens with two attached hydrogens (primary N) is 1. The Labute approximate surface area is 181 Å². The minimum Gasteiger partial charge on any atom is -0.448 e. The molecule has 0 spiro atoms. The number of rotatable bonds is 2. The van der Waals surface area contributed by atoms with Gasteiger partial charge >= 0.3 is 6.09 Å². The average molecular weight is 419 g/mol. The van der Waals surface area contributed by atoms with E-state index in [9.17, 15) is 4.79 Å². The summed E-state index contributed by atoms with van der Waals surface area (Å²) >= 11 is 6.45. The fourth-order valence-electron chi connectivity index (χ4n) is 4.71. The Kier molecular flexibility index (Phi) is 4.67. The fourth-order valence-corrected chi connectivity index (χ4v) is 5.05. The predicted octanol–water partition coefficient (Wildman–Crippen LogP) is 5.54. The van der Waals surface area contributed by atoms with Crippen LogP contribution in [0.1, 0.15) is 33.7 Å². The monoisotopic (exact) mass is 418 g/mol. The first kappa shape index (κ1) is 19.0. The second-order valence-electron chi connectivity index (χ2n) is 8.02. The Morgan fingerprint density at radius 3 is 2.40 bits per heavy atom. The van der Waals surface area contributed by atoms with Crippen molar-refractivity contribution >= 4 is 23.4 Å². The van der Waals surface area contributed by atoms with Crippen LogP contribution in [0.5, 0.6) is 0 Å². The number of hydrogen-bond acceptors (Lipinski definition) is 3. The van der Waals surface area contributed by atoms with Gasteiger partial charge in [-0.2, -0.15) is 0 Å². The second kappa shape index (κ2) is 7.37. The molecule has 1 aliphatic carbocycles. The Bertz CT molecular complexity index is 1110. The minimum atomic E-state index is -0.308. The Morgan fingerprint density at radius 1 is 1.10 bits per heavy atom. The van der Waals surface area contributed by atoms with Crippen LogP contribution in [0.25, 0.3) is 11.1 Å². The van der Waals surface area contributed by atoms with Crippen LogP contribution in [0, 0.1) is 6.92 Å². The van der Waals surface area contributed by atoms with Crippen molar-refractivity contribution in [2.75, 3.05) is 18.9 Å². The number of carbonyl (C=O) groups excluding carboxylic acids is 1. The molecule has 2 aliphatic rings. The molecular formula is C25H23ClN2O2. The van der Waals surface area contributed by atoms with Gasteiger partial charge in [-0.3, -0.25) is 0 Å². The van der Waals surface area contributed by atoms with Gasteiger partial charge in [0.15, 0.2) is 0 Å². The number of benzene rings is 3. The van der Waals surface area contributed by atoms with Gasteiger partial charge in [-0.1, -0.05) is 60.1 Å². The number of halogens is 1. The molecule has 0 atom stereocenters. The summed E-state index contributed by atoms with van der Waals surface area (Å²) in [6.45, 7) is 3.28. The topological polar surface area (TPSA) is 55.6 Å². The van der Waals surface area contributed by atoms with Crippen LogP contribution >= 0.6 is 11.6 Å². The van der Waals surface area contributed by atoms with Gasteiger partial charge in [-0.15, -0.1) is 0 Å². The standard InChI is InChI=1S/C25H23ClN2O2/c1-15-12-23(26)21-13-28(11-10-20(21)24(15)27)25(29)30-14-22-18-8-4-2-6-16(18)17-7-3-5-9-19(17)22/h2-9,12,22H,10-11,13-14,27H2,1H3. The Balaban J connectivity index is 1.34. The van der Waals surface area contributed by atoms with Crippen LogP contribution in [-0.4, -0.2) is 24.1 Å². The molecule has 0 unspecified atom stereocenters. The molecule has 3 aromatic carbocycles. The lowest BCUT2D eigenvalue weighted by Gasteiger charge is -2.30. The summed E-state index contributed by atoms with van der Waals surface area (Å²) in [4.78, 5) is 14.6. The molecule has 0 saturated carbocycles. The van der Waals surface area contributed by atoms with Crippen molar-refractivity contribution in [1.82, 2.24) is 4.90 Å². The van der Waals surface area contributed by atoms with E-state index in [-0.39, 0.29) is 12.0 Å². The van der Waals surface area contributed by atoms with Gasteiger partial charge in [0.2, 0.25) is 0 Å². The van der Waals surface area contributed by atoms with E-state index in [1.807, 2.05) is 37.3 Å². The quantitative estimate of drug-likeness (QED) is 0.556. The van der Waals surface area contributed by atoms with E-state index in [2.05, 4.69) is 24.3 Å². The number of ether oxygens (including phenoxy) is 1. The zero-order valence-corrected chi connectivity index (χ0v) is 17.6. The zero-order valence-electron chi connectivity index (χ0n) is 16.8. The molecule has 152 valence electrons. The van der Waals surface area contributed by atoms with Gasteiger partial charge in [0.05, 0.1) is 6.54 Å². The lowest BCUT2D eigenvalue weighted by atomic mass is 9.95. The summed E-state index contributed by atoms with van der Waals surface area (Å²) in [5, 5.41) is 0.660. The number of hydrogen-bond donors (Lipinski definition) is 1. The van der Waals surface area contributed by atoms with Crippen LogP contribution in [0.2, 0.25) is 5.02 Å². The highest BCUT2D eigenvalue weighted by Gasteiger charge is 2.31. The van der Waals surface area contributed by atoms with E-state index in [4.69, 9.17) is 22.1 Å². The maximum absolute atomic E-state index is 12.9. The molecule has 0 saturated heterocycles. The number of fused-ring (bicyclic) bond motifs is 4.